The first-order valence-electron chi connectivity index (χ1n) is 10.4. The van der Waals surface area contributed by atoms with Gasteiger partial charge >= 0.3 is 5.69 Å². The highest BCUT2D eigenvalue weighted by Gasteiger charge is 2.16. The third-order valence-corrected chi connectivity index (χ3v) is 5.33. The lowest BCUT2D eigenvalue weighted by atomic mass is 10.0. The normalized spacial score (nSPS) is 11.1. The van der Waals surface area contributed by atoms with E-state index in [0.29, 0.717) is 18.0 Å². The van der Waals surface area contributed by atoms with E-state index >= 15 is 0 Å². The largest absolute Gasteiger partial charge is 0.348 e. The van der Waals surface area contributed by atoms with Crippen molar-refractivity contribution in [1.29, 1.82) is 0 Å². The first-order valence-corrected chi connectivity index (χ1v) is 10.4. The number of nitrogens with zero attached hydrogens (tertiary/aromatic N) is 3. The van der Waals surface area contributed by atoms with E-state index in [2.05, 4.69) is 18.9 Å². The SMILES string of the molecule is CC(C)c1ccc(-c2nn(Cc3ccccc3)c(=O)n(Cc3ccccc3)c2=O)cc1. The first kappa shape index (κ1) is 20.5. The van der Waals surface area contributed by atoms with Crippen molar-refractivity contribution in [2.24, 2.45) is 0 Å². The van der Waals surface area contributed by atoms with Crippen LogP contribution in [0.15, 0.2) is 94.5 Å². The smallest absolute Gasteiger partial charge is 0.267 e. The monoisotopic (exact) mass is 411 g/mol. The Bertz CT molecular complexity index is 1270. The Balaban J connectivity index is 1.85. The number of aromatic nitrogens is 3. The van der Waals surface area contributed by atoms with Crippen molar-refractivity contribution >= 4 is 0 Å². The second-order valence-corrected chi connectivity index (χ2v) is 7.93. The summed E-state index contributed by atoms with van der Waals surface area (Å²) in [6, 6.07) is 27.0. The third kappa shape index (κ3) is 4.56. The van der Waals surface area contributed by atoms with Crippen LogP contribution in [-0.2, 0) is 13.1 Å². The maximum atomic E-state index is 13.3. The fraction of sp³-hybridized carbons (Fsp3) is 0.192. The summed E-state index contributed by atoms with van der Waals surface area (Å²) in [6.07, 6.45) is 0. The molecule has 0 spiro atoms. The molecule has 0 saturated heterocycles. The maximum absolute atomic E-state index is 13.3. The van der Waals surface area contributed by atoms with Gasteiger partial charge in [-0.15, -0.1) is 0 Å². The molecule has 4 rings (SSSR count). The summed E-state index contributed by atoms with van der Waals surface area (Å²) in [4.78, 5) is 26.5. The van der Waals surface area contributed by atoms with Crippen LogP contribution in [0.3, 0.4) is 0 Å². The van der Waals surface area contributed by atoms with Crippen LogP contribution >= 0.6 is 0 Å². The van der Waals surface area contributed by atoms with Gasteiger partial charge in [0.05, 0.1) is 13.1 Å². The van der Waals surface area contributed by atoms with E-state index < -0.39 is 5.69 Å². The number of hydrogen-bond acceptors (Lipinski definition) is 3. The molecule has 0 fully saturated rings. The molecule has 0 saturated carbocycles. The van der Waals surface area contributed by atoms with Crippen molar-refractivity contribution < 1.29 is 0 Å². The molecule has 5 nitrogen and oxygen atoms in total. The predicted octanol–water partition coefficient (Wildman–Crippen LogP) is 4.29. The second-order valence-electron chi connectivity index (χ2n) is 7.93. The Morgan fingerprint density at radius 3 is 1.84 bits per heavy atom. The molecule has 1 heterocycles. The fourth-order valence-corrected chi connectivity index (χ4v) is 3.53. The van der Waals surface area contributed by atoms with Crippen LogP contribution in [0.4, 0.5) is 0 Å². The molecule has 4 aromatic rings. The van der Waals surface area contributed by atoms with E-state index in [1.54, 1.807) is 0 Å². The van der Waals surface area contributed by atoms with E-state index in [9.17, 15) is 9.59 Å². The lowest BCUT2D eigenvalue weighted by Crippen LogP contribution is -2.42. The number of hydrogen-bond donors (Lipinski definition) is 0. The molecular formula is C26H25N3O2. The molecule has 3 aromatic carbocycles. The van der Waals surface area contributed by atoms with Crippen molar-refractivity contribution in [2.75, 3.05) is 0 Å². The summed E-state index contributed by atoms with van der Waals surface area (Å²) >= 11 is 0. The van der Waals surface area contributed by atoms with Crippen molar-refractivity contribution in [3.63, 3.8) is 0 Å². The molecule has 0 aliphatic carbocycles. The predicted molar refractivity (Wildman–Crippen MR) is 123 cm³/mol. The van der Waals surface area contributed by atoms with Crippen LogP contribution in [0.1, 0.15) is 36.5 Å². The standard InChI is InChI=1S/C26H25N3O2/c1-19(2)22-13-15-23(16-14-22)24-25(30)28(17-20-9-5-3-6-10-20)26(31)29(27-24)18-21-11-7-4-8-12-21/h3-16,19H,17-18H2,1-2H3. The van der Waals surface area contributed by atoms with E-state index in [1.807, 2.05) is 84.9 Å². The minimum Gasteiger partial charge on any atom is -0.267 e. The molecule has 0 amide bonds. The van der Waals surface area contributed by atoms with Gasteiger partial charge in [0.25, 0.3) is 5.56 Å². The number of rotatable bonds is 6. The maximum Gasteiger partial charge on any atom is 0.348 e. The van der Waals surface area contributed by atoms with Crippen molar-refractivity contribution in [3.8, 4) is 11.3 Å². The molecule has 1 aromatic heterocycles. The zero-order valence-electron chi connectivity index (χ0n) is 17.7. The lowest BCUT2D eigenvalue weighted by molar-refractivity contribution is 0.546. The summed E-state index contributed by atoms with van der Waals surface area (Å²) in [6.45, 7) is 4.75. The molecule has 0 N–H and O–H groups in total. The fourth-order valence-electron chi connectivity index (χ4n) is 3.53. The molecular weight excluding hydrogens is 386 g/mol. The van der Waals surface area contributed by atoms with Gasteiger partial charge in [0, 0.05) is 5.56 Å². The molecule has 0 radical (unpaired) electrons. The average Bonchev–Trinajstić information content (AvgIpc) is 2.80. The van der Waals surface area contributed by atoms with Gasteiger partial charge in [0.1, 0.15) is 0 Å². The molecule has 0 unspecified atom stereocenters. The van der Waals surface area contributed by atoms with Crippen LogP contribution in [0.5, 0.6) is 0 Å². The van der Waals surface area contributed by atoms with Crippen molar-refractivity contribution in [2.45, 2.75) is 32.9 Å². The zero-order chi connectivity index (χ0) is 21.8. The Morgan fingerprint density at radius 1 is 0.742 bits per heavy atom. The molecule has 31 heavy (non-hydrogen) atoms. The van der Waals surface area contributed by atoms with E-state index in [0.717, 1.165) is 11.1 Å². The van der Waals surface area contributed by atoms with Gasteiger partial charge in [-0.3, -0.25) is 9.36 Å². The highest BCUT2D eigenvalue weighted by Crippen LogP contribution is 2.19. The van der Waals surface area contributed by atoms with Crippen LogP contribution < -0.4 is 11.2 Å². The van der Waals surface area contributed by atoms with Gasteiger partial charge in [-0.1, -0.05) is 98.8 Å². The molecule has 0 atom stereocenters. The molecule has 0 aliphatic heterocycles. The van der Waals surface area contributed by atoms with E-state index in [-0.39, 0.29) is 17.8 Å². The van der Waals surface area contributed by atoms with E-state index in [4.69, 9.17) is 0 Å². The summed E-state index contributed by atoms with van der Waals surface area (Å²) in [5.74, 6) is 0.392. The first-order chi connectivity index (χ1) is 15.0. The topological polar surface area (TPSA) is 56.9 Å². The number of benzene rings is 3. The highest BCUT2D eigenvalue weighted by atomic mass is 16.2. The summed E-state index contributed by atoms with van der Waals surface area (Å²) in [5.41, 5.74) is 3.21. The summed E-state index contributed by atoms with van der Waals surface area (Å²) < 4.78 is 2.66. The lowest BCUT2D eigenvalue weighted by Gasteiger charge is -2.13. The Morgan fingerprint density at radius 2 is 1.29 bits per heavy atom. The zero-order valence-corrected chi connectivity index (χ0v) is 17.7. The average molecular weight is 412 g/mol. The Hall–Kier alpha value is -3.73. The third-order valence-electron chi connectivity index (χ3n) is 5.33. The van der Waals surface area contributed by atoms with Gasteiger partial charge < -0.3 is 0 Å². The van der Waals surface area contributed by atoms with Crippen LogP contribution in [0, 0.1) is 0 Å². The van der Waals surface area contributed by atoms with Gasteiger partial charge in [0.2, 0.25) is 0 Å². The highest BCUT2D eigenvalue weighted by molar-refractivity contribution is 5.58. The van der Waals surface area contributed by atoms with Gasteiger partial charge in [-0.2, -0.15) is 5.10 Å². The van der Waals surface area contributed by atoms with Gasteiger partial charge in [-0.25, -0.2) is 9.48 Å². The van der Waals surface area contributed by atoms with Crippen LogP contribution in [0.25, 0.3) is 11.3 Å². The second kappa shape index (κ2) is 8.96. The van der Waals surface area contributed by atoms with Crippen LogP contribution in [-0.4, -0.2) is 14.3 Å². The summed E-state index contributed by atoms with van der Waals surface area (Å²) in [5, 5.41) is 4.48. The van der Waals surface area contributed by atoms with Gasteiger partial charge in [0.15, 0.2) is 5.69 Å². The van der Waals surface area contributed by atoms with Crippen molar-refractivity contribution in [3.05, 3.63) is 122 Å². The van der Waals surface area contributed by atoms with Gasteiger partial charge in [-0.05, 0) is 22.6 Å². The van der Waals surface area contributed by atoms with E-state index in [1.165, 1.54) is 14.8 Å². The molecule has 156 valence electrons. The van der Waals surface area contributed by atoms with Crippen LogP contribution in [0.2, 0.25) is 0 Å². The summed E-state index contributed by atoms with van der Waals surface area (Å²) in [7, 11) is 0. The minimum absolute atomic E-state index is 0.201. The quantitative estimate of drug-likeness (QED) is 0.476. The minimum atomic E-state index is -0.416. The molecule has 0 bridgehead atoms. The van der Waals surface area contributed by atoms with Crippen molar-refractivity contribution in [1.82, 2.24) is 14.3 Å². The Labute approximate surface area is 181 Å². The molecule has 0 aliphatic rings. The molecule has 5 heteroatoms. The Kier molecular flexibility index (Phi) is 5.94.